The molecular formula is C13H18O9. The van der Waals surface area contributed by atoms with Crippen LogP contribution in [0.4, 0.5) is 14.4 Å². The van der Waals surface area contributed by atoms with Crippen LogP contribution in [0.1, 0.15) is 6.42 Å². The van der Waals surface area contributed by atoms with Crippen LogP contribution in [0.5, 0.6) is 0 Å². The zero-order chi connectivity index (χ0) is 16.5. The number of hydrogen-bond acceptors (Lipinski definition) is 9. The first-order valence-corrected chi connectivity index (χ1v) is 6.38. The molecule has 0 aromatic carbocycles. The monoisotopic (exact) mass is 318 g/mol. The van der Waals surface area contributed by atoms with E-state index in [4.69, 9.17) is 14.2 Å². The lowest BCUT2D eigenvalue weighted by Gasteiger charge is -2.26. The molecule has 0 spiro atoms. The summed E-state index contributed by atoms with van der Waals surface area (Å²) in [6, 6.07) is 0. The van der Waals surface area contributed by atoms with Crippen LogP contribution in [0.3, 0.4) is 0 Å². The fourth-order valence-corrected chi connectivity index (χ4v) is 1.92. The molecule has 0 aliphatic heterocycles. The maximum absolute atomic E-state index is 11.3. The molecule has 9 heteroatoms. The van der Waals surface area contributed by atoms with Crippen LogP contribution in [0.25, 0.3) is 0 Å². The first-order valence-electron chi connectivity index (χ1n) is 6.38. The number of hydrogen-bond donors (Lipinski definition) is 0. The zero-order valence-electron chi connectivity index (χ0n) is 12.5. The maximum atomic E-state index is 11.3. The average molecular weight is 318 g/mol. The molecule has 124 valence electrons. The van der Waals surface area contributed by atoms with Gasteiger partial charge in [-0.05, 0) is 12.5 Å². The van der Waals surface area contributed by atoms with Crippen molar-refractivity contribution in [3.05, 3.63) is 12.2 Å². The molecule has 1 aliphatic carbocycles. The molecule has 9 nitrogen and oxygen atoms in total. The van der Waals surface area contributed by atoms with Gasteiger partial charge in [0.25, 0.3) is 0 Å². The Morgan fingerprint density at radius 2 is 1.68 bits per heavy atom. The largest absolute Gasteiger partial charge is 0.508 e. The van der Waals surface area contributed by atoms with Crippen LogP contribution in [-0.4, -0.2) is 58.6 Å². The summed E-state index contributed by atoms with van der Waals surface area (Å²) in [5, 5.41) is 0. The first-order chi connectivity index (χ1) is 10.5. The van der Waals surface area contributed by atoms with Crippen LogP contribution in [-0.2, 0) is 28.4 Å². The van der Waals surface area contributed by atoms with Gasteiger partial charge in [-0.1, -0.05) is 6.08 Å². The maximum Gasteiger partial charge on any atom is 0.508 e. The minimum absolute atomic E-state index is 0.269. The fraction of sp³-hybridized carbons (Fsp3) is 0.615. The van der Waals surface area contributed by atoms with Gasteiger partial charge >= 0.3 is 18.5 Å². The van der Waals surface area contributed by atoms with Crippen LogP contribution >= 0.6 is 0 Å². The first kappa shape index (κ1) is 17.6. The van der Waals surface area contributed by atoms with Gasteiger partial charge in [0.1, 0.15) is 18.8 Å². The van der Waals surface area contributed by atoms with Gasteiger partial charge in [-0.25, -0.2) is 14.4 Å². The summed E-state index contributed by atoms with van der Waals surface area (Å²) < 4.78 is 28.1. The van der Waals surface area contributed by atoms with Gasteiger partial charge in [0.2, 0.25) is 0 Å². The molecule has 1 rings (SSSR count). The third-order valence-corrected chi connectivity index (χ3v) is 2.98. The molecule has 1 aliphatic rings. The van der Waals surface area contributed by atoms with E-state index in [1.165, 1.54) is 7.11 Å². The number of ether oxygens (including phenoxy) is 6. The third kappa shape index (κ3) is 5.15. The molecule has 0 N–H and O–H groups in total. The lowest BCUT2D eigenvalue weighted by Crippen LogP contribution is -2.38. The normalized spacial score (nSPS) is 20.7. The second kappa shape index (κ2) is 8.75. The van der Waals surface area contributed by atoms with Crippen molar-refractivity contribution >= 4 is 18.5 Å². The second-order valence-electron chi connectivity index (χ2n) is 4.24. The minimum Gasteiger partial charge on any atom is -0.438 e. The highest BCUT2D eigenvalue weighted by atomic mass is 16.8. The Morgan fingerprint density at radius 1 is 1.05 bits per heavy atom. The van der Waals surface area contributed by atoms with Crippen molar-refractivity contribution in [1.82, 2.24) is 0 Å². The summed E-state index contributed by atoms with van der Waals surface area (Å²) in [6.45, 7) is -0.269. The number of carbonyl (C=O) groups is 3. The van der Waals surface area contributed by atoms with Gasteiger partial charge in [0.15, 0.2) is 0 Å². The molecule has 22 heavy (non-hydrogen) atoms. The van der Waals surface area contributed by atoms with Gasteiger partial charge in [-0.2, -0.15) is 0 Å². The highest BCUT2D eigenvalue weighted by Gasteiger charge is 2.37. The molecule has 0 saturated heterocycles. The Balaban J connectivity index is 2.72. The molecule has 0 aromatic heterocycles. The van der Waals surface area contributed by atoms with E-state index in [1.54, 1.807) is 12.2 Å². The number of methoxy groups -OCH3 is 3. The third-order valence-electron chi connectivity index (χ3n) is 2.98. The predicted octanol–water partition coefficient (Wildman–Crippen LogP) is 1.65. The van der Waals surface area contributed by atoms with E-state index in [9.17, 15) is 14.4 Å². The Morgan fingerprint density at radius 3 is 2.27 bits per heavy atom. The summed E-state index contributed by atoms with van der Waals surface area (Å²) >= 11 is 0. The summed E-state index contributed by atoms with van der Waals surface area (Å²) in [7, 11) is 3.48. The molecule has 0 amide bonds. The van der Waals surface area contributed by atoms with E-state index in [1.807, 2.05) is 0 Å². The van der Waals surface area contributed by atoms with Gasteiger partial charge in [0.05, 0.1) is 21.3 Å². The van der Waals surface area contributed by atoms with Gasteiger partial charge in [-0.15, -0.1) is 0 Å². The molecule has 0 unspecified atom stereocenters. The van der Waals surface area contributed by atoms with Crippen molar-refractivity contribution in [3.8, 4) is 0 Å². The molecule has 3 atom stereocenters. The van der Waals surface area contributed by atoms with Gasteiger partial charge in [-0.3, -0.25) is 0 Å². The van der Waals surface area contributed by atoms with E-state index >= 15 is 0 Å². The van der Waals surface area contributed by atoms with E-state index in [-0.39, 0.29) is 6.61 Å². The van der Waals surface area contributed by atoms with Crippen molar-refractivity contribution < 1.29 is 42.8 Å². The van der Waals surface area contributed by atoms with E-state index in [0.29, 0.717) is 6.42 Å². The van der Waals surface area contributed by atoms with Crippen LogP contribution in [0.15, 0.2) is 12.2 Å². The van der Waals surface area contributed by atoms with Crippen LogP contribution < -0.4 is 0 Å². The SMILES string of the molecule is COC(=O)OC[C@H](OC(=O)OC)[C@H]1CC=C[C@H]1OC(=O)OC. The summed E-state index contributed by atoms with van der Waals surface area (Å²) in [4.78, 5) is 33.6. The summed E-state index contributed by atoms with van der Waals surface area (Å²) in [5.74, 6) is -0.442. The fourth-order valence-electron chi connectivity index (χ4n) is 1.92. The molecule has 0 saturated carbocycles. The van der Waals surface area contributed by atoms with Crippen molar-refractivity contribution in [2.24, 2.45) is 5.92 Å². The van der Waals surface area contributed by atoms with Crippen molar-refractivity contribution in [2.45, 2.75) is 18.6 Å². The molecule has 0 bridgehead atoms. The minimum atomic E-state index is -0.942. The van der Waals surface area contributed by atoms with E-state index < -0.39 is 36.6 Å². The summed E-state index contributed by atoms with van der Waals surface area (Å²) in [5.41, 5.74) is 0. The molecule has 0 aromatic rings. The quantitative estimate of drug-likeness (QED) is 0.424. The Labute approximate surface area is 127 Å². The highest BCUT2D eigenvalue weighted by Crippen LogP contribution is 2.28. The molecular weight excluding hydrogens is 300 g/mol. The lowest BCUT2D eigenvalue weighted by molar-refractivity contribution is -0.0530. The predicted molar refractivity (Wildman–Crippen MR) is 70.2 cm³/mol. The van der Waals surface area contributed by atoms with E-state index in [0.717, 1.165) is 14.2 Å². The van der Waals surface area contributed by atoms with E-state index in [2.05, 4.69) is 14.2 Å². The van der Waals surface area contributed by atoms with Crippen molar-refractivity contribution in [3.63, 3.8) is 0 Å². The summed E-state index contributed by atoms with van der Waals surface area (Å²) in [6.07, 6.45) is -0.450. The van der Waals surface area contributed by atoms with Gasteiger partial charge in [0, 0.05) is 5.92 Å². The number of rotatable bonds is 5. The van der Waals surface area contributed by atoms with Crippen molar-refractivity contribution in [2.75, 3.05) is 27.9 Å². The molecule has 0 heterocycles. The molecule has 0 fully saturated rings. The molecule has 0 radical (unpaired) electrons. The Hall–Kier alpha value is -2.45. The average Bonchev–Trinajstić information content (AvgIpc) is 2.98. The smallest absolute Gasteiger partial charge is 0.438 e. The Bertz CT molecular complexity index is 431. The topological polar surface area (TPSA) is 107 Å². The van der Waals surface area contributed by atoms with Crippen molar-refractivity contribution in [1.29, 1.82) is 0 Å². The van der Waals surface area contributed by atoms with Crippen LogP contribution in [0, 0.1) is 5.92 Å². The Kier molecular flexibility index (Phi) is 7.00. The zero-order valence-corrected chi connectivity index (χ0v) is 12.5. The standard InChI is InChI=1S/C13H18O9/c1-17-11(14)20-7-10(22-13(16)19-3)8-5-4-6-9(8)21-12(15)18-2/h4,6,8-10H,5,7H2,1-3H3/t8-,9+,10-/m0/s1. The lowest BCUT2D eigenvalue weighted by atomic mass is 9.98. The number of allylic oxidation sites excluding steroid dienone is 1. The van der Waals surface area contributed by atoms with Crippen LogP contribution in [0.2, 0.25) is 0 Å². The number of carbonyl (C=O) groups excluding carboxylic acids is 3. The second-order valence-corrected chi connectivity index (χ2v) is 4.24. The van der Waals surface area contributed by atoms with Gasteiger partial charge < -0.3 is 28.4 Å². The highest BCUT2D eigenvalue weighted by molar-refractivity contribution is 5.61.